The van der Waals surface area contributed by atoms with E-state index in [0.717, 1.165) is 16.5 Å². The van der Waals surface area contributed by atoms with Crippen LogP contribution in [0.5, 0.6) is 0 Å². The summed E-state index contributed by atoms with van der Waals surface area (Å²) in [4.78, 5) is 18.7. The molecule has 2 aliphatic rings. The van der Waals surface area contributed by atoms with Gasteiger partial charge in [-0.15, -0.1) is 0 Å². The van der Waals surface area contributed by atoms with Gasteiger partial charge in [0.05, 0.1) is 11.6 Å². The summed E-state index contributed by atoms with van der Waals surface area (Å²) in [6.45, 7) is 9.39. The molecule has 1 saturated carbocycles. The van der Waals surface area contributed by atoms with Gasteiger partial charge in [0.15, 0.2) is 5.17 Å². The maximum absolute atomic E-state index is 11.3. The largest absolute Gasteiger partial charge is 0.478 e. The van der Waals surface area contributed by atoms with Crippen molar-refractivity contribution < 1.29 is 9.90 Å². The molecule has 0 bridgehead atoms. The highest BCUT2D eigenvalue weighted by Crippen LogP contribution is 2.55. The number of hydrogen-bond donors (Lipinski definition) is 1. The number of para-hydroxylation sites is 1. The molecule has 0 saturated heterocycles. The molecule has 0 amide bonds. The Labute approximate surface area is 177 Å². The molecular weight excluding hydrogens is 380 g/mol. The number of anilines is 2. The van der Waals surface area contributed by atoms with Gasteiger partial charge in [-0.1, -0.05) is 57.7 Å². The van der Waals surface area contributed by atoms with E-state index >= 15 is 0 Å². The van der Waals surface area contributed by atoms with E-state index in [-0.39, 0.29) is 16.9 Å². The molecule has 2 aromatic carbocycles. The van der Waals surface area contributed by atoms with Crippen LogP contribution >= 0.6 is 11.8 Å². The van der Waals surface area contributed by atoms with Crippen molar-refractivity contribution in [3.8, 4) is 0 Å². The molecule has 4 rings (SSSR count). The van der Waals surface area contributed by atoms with Crippen molar-refractivity contribution in [2.45, 2.75) is 51.8 Å². The van der Waals surface area contributed by atoms with Crippen LogP contribution < -0.4 is 4.90 Å². The summed E-state index contributed by atoms with van der Waals surface area (Å²) in [5.41, 5.74) is 2.66. The standard InChI is InChI=1S/C24H28N2O2S/c1-23(2)14-15-24(3,4)20-19(23)25-22(29-20)26(17-8-6-5-7-9-17)18-12-10-16(11-13-18)21(27)28/h5-13,19-20H,14-15H2,1-4H3,(H,27,28). The molecule has 29 heavy (non-hydrogen) atoms. The third-order valence-corrected chi connectivity index (χ3v) is 7.98. The minimum absolute atomic E-state index is 0.171. The summed E-state index contributed by atoms with van der Waals surface area (Å²) in [6.07, 6.45) is 2.38. The number of hydrogen-bond acceptors (Lipinski definition) is 4. The van der Waals surface area contributed by atoms with Gasteiger partial charge in [0.1, 0.15) is 0 Å². The molecule has 0 aromatic heterocycles. The summed E-state index contributed by atoms with van der Waals surface area (Å²) in [5, 5.41) is 10.7. The Bertz CT molecular complexity index is 935. The van der Waals surface area contributed by atoms with E-state index in [1.165, 1.54) is 12.8 Å². The number of fused-ring (bicyclic) bond motifs is 1. The van der Waals surface area contributed by atoms with Crippen molar-refractivity contribution >= 4 is 34.3 Å². The maximum atomic E-state index is 11.3. The first-order valence-electron chi connectivity index (χ1n) is 10.1. The van der Waals surface area contributed by atoms with E-state index < -0.39 is 5.97 Å². The normalized spacial score (nSPS) is 24.5. The van der Waals surface area contributed by atoms with Crippen molar-refractivity contribution in [2.24, 2.45) is 15.8 Å². The number of aliphatic imine (C=N–C) groups is 1. The lowest BCUT2D eigenvalue weighted by Gasteiger charge is -2.47. The zero-order chi connectivity index (χ0) is 20.8. The molecule has 2 atom stereocenters. The van der Waals surface area contributed by atoms with Crippen molar-refractivity contribution in [1.82, 2.24) is 0 Å². The second-order valence-corrected chi connectivity index (χ2v) is 10.5. The molecule has 0 spiro atoms. The third-order valence-electron chi connectivity index (χ3n) is 6.33. The molecular formula is C24H28N2O2S. The van der Waals surface area contributed by atoms with Crippen molar-refractivity contribution in [3.63, 3.8) is 0 Å². The summed E-state index contributed by atoms with van der Waals surface area (Å²) in [6, 6.07) is 17.5. The minimum atomic E-state index is -0.912. The average Bonchev–Trinajstić information content (AvgIpc) is 3.15. The Morgan fingerprint density at radius 1 is 0.966 bits per heavy atom. The first-order valence-corrected chi connectivity index (χ1v) is 11.0. The number of rotatable bonds is 3. The molecule has 152 valence electrons. The van der Waals surface area contributed by atoms with Gasteiger partial charge in [0.2, 0.25) is 0 Å². The number of carboxylic acids is 1. The quantitative estimate of drug-likeness (QED) is 0.656. The lowest BCUT2D eigenvalue weighted by molar-refractivity contribution is 0.0697. The average molecular weight is 409 g/mol. The van der Waals surface area contributed by atoms with Crippen LogP contribution in [0.2, 0.25) is 0 Å². The van der Waals surface area contributed by atoms with Crippen molar-refractivity contribution in [3.05, 3.63) is 60.2 Å². The molecule has 2 aromatic rings. The van der Waals surface area contributed by atoms with Crippen molar-refractivity contribution in [1.29, 1.82) is 0 Å². The number of nitrogens with zero attached hydrogens (tertiary/aromatic N) is 2. The van der Waals surface area contributed by atoms with E-state index in [9.17, 15) is 9.90 Å². The number of aromatic carboxylic acids is 1. The Balaban J connectivity index is 1.77. The topological polar surface area (TPSA) is 52.9 Å². The second kappa shape index (κ2) is 7.21. The zero-order valence-corrected chi connectivity index (χ0v) is 18.2. The number of carboxylic acid groups (broad SMARTS) is 1. The molecule has 4 nitrogen and oxygen atoms in total. The predicted octanol–water partition coefficient (Wildman–Crippen LogP) is 6.21. The van der Waals surface area contributed by atoms with Gasteiger partial charge in [0.25, 0.3) is 0 Å². The van der Waals surface area contributed by atoms with Crippen LogP contribution in [0, 0.1) is 10.8 Å². The summed E-state index contributed by atoms with van der Waals surface area (Å²) >= 11 is 1.87. The van der Waals surface area contributed by atoms with Crippen LogP contribution in [0.3, 0.4) is 0 Å². The molecule has 1 N–H and O–H groups in total. The number of amidine groups is 1. The Kier molecular flexibility index (Phi) is 4.97. The zero-order valence-electron chi connectivity index (χ0n) is 17.4. The first kappa shape index (κ1) is 20.0. The third kappa shape index (κ3) is 3.68. The highest BCUT2D eigenvalue weighted by atomic mass is 32.2. The van der Waals surface area contributed by atoms with Gasteiger partial charge in [-0.3, -0.25) is 9.89 Å². The Hall–Kier alpha value is -2.27. The fourth-order valence-electron chi connectivity index (χ4n) is 4.31. The van der Waals surface area contributed by atoms with Gasteiger partial charge in [-0.05, 0) is 60.1 Å². The monoisotopic (exact) mass is 408 g/mol. The molecule has 0 radical (unpaired) electrons. The van der Waals surface area contributed by atoms with Gasteiger partial charge < -0.3 is 5.11 Å². The van der Waals surface area contributed by atoms with Gasteiger partial charge in [-0.25, -0.2) is 4.79 Å². The molecule has 5 heteroatoms. The molecule has 1 fully saturated rings. The van der Waals surface area contributed by atoms with Crippen LogP contribution in [0.25, 0.3) is 0 Å². The SMILES string of the molecule is CC1(C)CCC(C)(C)C2SC(N(c3ccccc3)c3ccc(C(=O)O)cc3)=NC21. The highest BCUT2D eigenvalue weighted by molar-refractivity contribution is 8.15. The number of carbonyl (C=O) groups is 1. The summed E-state index contributed by atoms with van der Waals surface area (Å²) in [5.74, 6) is -0.912. The highest BCUT2D eigenvalue weighted by Gasteiger charge is 2.52. The lowest BCUT2D eigenvalue weighted by Crippen LogP contribution is -2.47. The minimum Gasteiger partial charge on any atom is -0.478 e. The second-order valence-electron chi connectivity index (χ2n) is 9.40. The van der Waals surface area contributed by atoms with E-state index in [0.29, 0.717) is 10.8 Å². The number of benzene rings is 2. The van der Waals surface area contributed by atoms with E-state index in [1.54, 1.807) is 12.1 Å². The fraction of sp³-hybridized carbons (Fsp3) is 0.417. The Morgan fingerprint density at radius 3 is 2.14 bits per heavy atom. The van der Waals surface area contributed by atoms with E-state index in [4.69, 9.17) is 4.99 Å². The van der Waals surface area contributed by atoms with E-state index in [1.807, 2.05) is 42.1 Å². The molecule has 1 aliphatic heterocycles. The summed E-state index contributed by atoms with van der Waals surface area (Å²) < 4.78 is 0. The molecule has 1 heterocycles. The molecule has 1 aliphatic carbocycles. The predicted molar refractivity (Wildman–Crippen MR) is 121 cm³/mol. The lowest BCUT2D eigenvalue weighted by atomic mass is 9.63. The van der Waals surface area contributed by atoms with Crippen LogP contribution in [0.1, 0.15) is 50.9 Å². The fourth-order valence-corrected chi connectivity index (χ4v) is 6.02. The smallest absolute Gasteiger partial charge is 0.335 e. The van der Waals surface area contributed by atoms with Gasteiger partial charge in [0, 0.05) is 16.6 Å². The van der Waals surface area contributed by atoms with Crippen LogP contribution in [-0.2, 0) is 0 Å². The summed E-state index contributed by atoms with van der Waals surface area (Å²) in [7, 11) is 0. The van der Waals surface area contributed by atoms with Gasteiger partial charge >= 0.3 is 5.97 Å². The van der Waals surface area contributed by atoms with Crippen LogP contribution in [-0.4, -0.2) is 27.5 Å². The van der Waals surface area contributed by atoms with E-state index in [2.05, 4.69) is 44.7 Å². The van der Waals surface area contributed by atoms with Gasteiger partial charge in [-0.2, -0.15) is 0 Å². The molecule has 2 unspecified atom stereocenters. The van der Waals surface area contributed by atoms with Crippen molar-refractivity contribution in [2.75, 3.05) is 4.90 Å². The van der Waals surface area contributed by atoms with Crippen LogP contribution in [0.4, 0.5) is 11.4 Å². The van der Waals surface area contributed by atoms with Crippen LogP contribution in [0.15, 0.2) is 59.6 Å². The number of thioether (sulfide) groups is 1. The first-order chi connectivity index (χ1) is 13.7. The maximum Gasteiger partial charge on any atom is 0.335 e. The Morgan fingerprint density at radius 2 is 1.55 bits per heavy atom.